The Labute approximate surface area is 116 Å². The molecule has 0 aromatic carbocycles. The summed E-state index contributed by atoms with van der Waals surface area (Å²) in [6, 6.07) is -0.537. The van der Waals surface area contributed by atoms with Crippen LogP contribution in [-0.4, -0.2) is 24.5 Å². The average molecular weight is 329 g/mol. The van der Waals surface area contributed by atoms with Crippen LogP contribution >= 0.6 is 15.9 Å². The summed E-state index contributed by atoms with van der Waals surface area (Å²) >= 11 is 3.23. The van der Waals surface area contributed by atoms with Crippen LogP contribution in [0.5, 0.6) is 0 Å². The van der Waals surface area contributed by atoms with Crippen LogP contribution in [0, 0.1) is 0 Å². The van der Waals surface area contributed by atoms with Crippen molar-refractivity contribution in [3.05, 3.63) is 25.6 Å². The van der Waals surface area contributed by atoms with Crippen molar-refractivity contribution in [1.29, 1.82) is 0 Å². The van der Waals surface area contributed by atoms with Crippen LogP contribution in [0.15, 0.2) is 14.3 Å². The standard InChI is InChI=1S/C11H13BrN4O3/c1-5(6(2)17)16-7-8(13-10(16)12)14(3)11(19)15(4)9(7)18/h5H,1-4H3/t5-/m0/s1. The van der Waals surface area contributed by atoms with Gasteiger partial charge < -0.3 is 4.57 Å². The van der Waals surface area contributed by atoms with Crippen molar-refractivity contribution < 1.29 is 4.79 Å². The van der Waals surface area contributed by atoms with Gasteiger partial charge in [0.2, 0.25) is 0 Å². The number of fused-ring (bicyclic) bond motifs is 1. The molecule has 2 rings (SSSR count). The number of ketones is 1. The summed E-state index contributed by atoms with van der Waals surface area (Å²) in [5, 5.41) is 0. The summed E-state index contributed by atoms with van der Waals surface area (Å²) in [6.07, 6.45) is 0. The SMILES string of the molecule is CC(=O)[C@H](C)n1c(Br)nc2c1c(=O)n(C)c(=O)n2C. The van der Waals surface area contributed by atoms with E-state index >= 15 is 0 Å². The summed E-state index contributed by atoms with van der Waals surface area (Å²) < 4.78 is 4.13. The van der Waals surface area contributed by atoms with E-state index in [1.54, 1.807) is 6.92 Å². The van der Waals surface area contributed by atoms with Crippen LogP contribution < -0.4 is 11.2 Å². The molecule has 0 fully saturated rings. The Morgan fingerprint density at radius 2 is 1.84 bits per heavy atom. The fraction of sp³-hybridized carbons (Fsp3) is 0.455. The molecule has 0 bridgehead atoms. The molecule has 1 atom stereocenters. The maximum absolute atomic E-state index is 12.2. The highest BCUT2D eigenvalue weighted by Crippen LogP contribution is 2.22. The Bertz CT molecular complexity index is 799. The Kier molecular flexibility index (Phi) is 3.21. The van der Waals surface area contributed by atoms with Crippen LogP contribution in [0.2, 0.25) is 0 Å². The average Bonchev–Trinajstić information content (AvgIpc) is 2.70. The van der Waals surface area contributed by atoms with E-state index in [0.717, 1.165) is 4.57 Å². The van der Waals surface area contributed by atoms with Crippen molar-refractivity contribution in [3.8, 4) is 0 Å². The van der Waals surface area contributed by atoms with E-state index in [9.17, 15) is 14.4 Å². The first-order valence-corrected chi connectivity index (χ1v) is 6.40. The van der Waals surface area contributed by atoms with Crippen molar-refractivity contribution >= 4 is 32.9 Å². The fourth-order valence-corrected chi connectivity index (χ4v) is 2.58. The zero-order valence-electron chi connectivity index (χ0n) is 11.0. The summed E-state index contributed by atoms with van der Waals surface area (Å²) in [5.74, 6) is -0.101. The van der Waals surface area contributed by atoms with Gasteiger partial charge in [-0.05, 0) is 29.8 Å². The molecule has 0 amide bonds. The van der Waals surface area contributed by atoms with Crippen LogP contribution in [0.1, 0.15) is 19.9 Å². The Hall–Kier alpha value is -1.70. The molecule has 2 aromatic heterocycles. The molecule has 102 valence electrons. The quantitative estimate of drug-likeness (QED) is 0.745. The van der Waals surface area contributed by atoms with E-state index in [0.29, 0.717) is 4.73 Å². The van der Waals surface area contributed by atoms with E-state index in [4.69, 9.17) is 0 Å². The van der Waals surface area contributed by atoms with Gasteiger partial charge in [-0.15, -0.1) is 0 Å². The van der Waals surface area contributed by atoms with E-state index in [1.807, 2.05) is 0 Å². The molecule has 0 unspecified atom stereocenters. The van der Waals surface area contributed by atoms with Crippen molar-refractivity contribution in [2.24, 2.45) is 14.1 Å². The minimum Gasteiger partial charge on any atom is -0.302 e. The maximum atomic E-state index is 12.2. The molecule has 2 heterocycles. The monoisotopic (exact) mass is 328 g/mol. The van der Waals surface area contributed by atoms with Gasteiger partial charge in [-0.3, -0.25) is 18.7 Å². The molecule has 0 saturated heterocycles. The number of aryl methyl sites for hydroxylation is 1. The smallest absolute Gasteiger partial charge is 0.302 e. The largest absolute Gasteiger partial charge is 0.332 e. The molecule has 2 aromatic rings. The number of aromatic nitrogens is 4. The number of carbonyl (C=O) groups is 1. The summed E-state index contributed by atoms with van der Waals surface area (Å²) in [7, 11) is 2.93. The van der Waals surface area contributed by atoms with E-state index < -0.39 is 17.3 Å². The van der Waals surface area contributed by atoms with Crippen LogP contribution in [0.3, 0.4) is 0 Å². The van der Waals surface area contributed by atoms with Gasteiger partial charge in [0.15, 0.2) is 21.7 Å². The number of hydrogen-bond acceptors (Lipinski definition) is 4. The highest BCUT2D eigenvalue weighted by Gasteiger charge is 2.22. The number of rotatable bonds is 2. The molecule has 0 aliphatic heterocycles. The van der Waals surface area contributed by atoms with Crippen LogP contribution in [-0.2, 0) is 18.9 Å². The Morgan fingerprint density at radius 3 is 2.37 bits per heavy atom. The fourth-order valence-electron chi connectivity index (χ4n) is 1.92. The minimum atomic E-state index is -0.537. The lowest BCUT2D eigenvalue weighted by Gasteiger charge is -2.12. The minimum absolute atomic E-state index is 0.101. The predicted molar refractivity (Wildman–Crippen MR) is 73.3 cm³/mol. The van der Waals surface area contributed by atoms with Gasteiger partial charge in [-0.1, -0.05) is 0 Å². The molecule has 0 radical (unpaired) electrons. The highest BCUT2D eigenvalue weighted by atomic mass is 79.9. The first kappa shape index (κ1) is 13.7. The van der Waals surface area contributed by atoms with Crippen molar-refractivity contribution in [1.82, 2.24) is 18.7 Å². The molecule has 7 nitrogen and oxygen atoms in total. The molecular formula is C11H13BrN4O3. The van der Waals surface area contributed by atoms with Crippen LogP contribution in [0.25, 0.3) is 11.2 Å². The number of hydrogen-bond donors (Lipinski definition) is 0. The van der Waals surface area contributed by atoms with Crippen molar-refractivity contribution in [2.75, 3.05) is 0 Å². The van der Waals surface area contributed by atoms with Gasteiger partial charge in [-0.2, -0.15) is 0 Å². The maximum Gasteiger partial charge on any atom is 0.332 e. The van der Waals surface area contributed by atoms with Gasteiger partial charge in [0.05, 0.1) is 6.04 Å². The van der Waals surface area contributed by atoms with Gasteiger partial charge >= 0.3 is 5.69 Å². The molecule has 0 spiro atoms. The van der Waals surface area contributed by atoms with E-state index in [-0.39, 0.29) is 16.9 Å². The normalized spacial score (nSPS) is 12.9. The molecular weight excluding hydrogens is 316 g/mol. The molecule has 0 aliphatic rings. The van der Waals surface area contributed by atoms with Gasteiger partial charge in [0.25, 0.3) is 5.56 Å². The van der Waals surface area contributed by atoms with Crippen LogP contribution in [0.4, 0.5) is 0 Å². The summed E-state index contributed by atoms with van der Waals surface area (Å²) in [4.78, 5) is 39.7. The van der Waals surface area contributed by atoms with Crippen molar-refractivity contribution in [2.45, 2.75) is 19.9 Å². The molecule has 8 heteroatoms. The zero-order valence-corrected chi connectivity index (χ0v) is 12.6. The molecule has 0 saturated carbocycles. The number of nitrogens with zero attached hydrogens (tertiary/aromatic N) is 4. The lowest BCUT2D eigenvalue weighted by atomic mass is 10.2. The lowest BCUT2D eigenvalue weighted by molar-refractivity contribution is -0.119. The number of halogens is 1. The van der Waals surface area contributed by atoms with E-state index in [2.05, 4.69) is 20.9 Å². The lowest BCUT2D eigenvalue weighted by Crippen LogP contribution is -2.38. The second-order valence-electron chi connectivity index (χ2n) is 4.42. The third kappa shape index (κ3) is 1.86. The first-order valence-electron chi connectivity index (χ1n) is 5.61. The zero-order chi connectivity index (χ0) is 14.5. The summed E-state index contributed by atoms with van der Waals surface area (Å²) in [6.45, 7) is 3.12. The molecule has 19 heavy (non-hydrogen) atoms. The van der Waals surface area contributed by atoms with Gasteiger partial charge in [0, 0.05) is 14.1 Å². The Morgan fingerprint density at radius 1 is 1.26 bits per heavy atom. The highest BCUT2D eigenvalue weighted by molar-refractivity contribution is 9.10. The van der Waals surface area contributed by atoms with Gasteiger partial charge in [0.1, 0.15) is 0 Å². The number of carbonyl (C=O) groups excluding carboxylic acids is 1. The first-order chi connectivity index (χ1) is 8.77. The molecule has 0 aliphatic carbocycles. The second kappa shape index (κ2) is 4.44. The van der Waals surface area contributed by atoms with Crippen molar-refractivity contribution in [3.63, 3.8) is 0 Å². The van der Waals surface area contributed by atoms with E-state index in [1.165, 1.54) is 30.2 Å². The topological polar surface area (TPSA) is 78.9 Å². The number of Topliss-reactive ketones (excluding diaryl/α,β-unsaturated/α-hetero) is 1. The third-order valence-corrected chi connectivity index (χ3v) is 3.78. The third-order valence-electron chi connectivity index (χ3n) is 3.22. The second-order valence-corrected chi connectivity index (χ2v) is 5.12. The Balaban J connectivity index is 3.04. The van der Waals surface area contributed by atoms with Gasteiger partial charge in [-0.25, -0.2) is 9.78 Å². The number of imidazole rings is 1. The molecule has 0 N–H and O–H groups in total. The summed E-state index contributed by atoms with van der Waals surface area (Å²) in [5.41, 5.74) is -0.429. The predicted octanol–water partition coefficient (Wildman–Crippen LogP) is 0.346.